The summed E-state index contributed by atoms with van der Waals surface area (Å²) in [6.07, 6.45) is 0. The lowest BCUT2D eigenvalue weighted by molar-refractivity contribution is 0.629. The number of rotatable bonds is 0. The van der Waals surface area contributed by atoms with E-state index in [0.717, 1.165) is 0 Å². The number of hydrogen-bond acceptors (Lipinski definition) is 3. The Morgan fingerprint density at radius 2 is 2.71 bits per heavy atom. The third kappa shape index (κ3) is 0.734. The molecular formula is C3H6N4. The number of aromatic nitrogens is 4. The van der Waals surface area contributed by atoms with Gasteiger partial charge in [-0.3, -0.25) is 0 Å². The molecule has 1 rings (SSSR count). The zero-order chi connectivity index (χ0) is 7.78. The van der Waals surface area contributed by atoms with Gasteiger partial charge in [-0.05, 0) is 12.1 Å². The summed E-state index contributed by atoms with van der Waals surface area (Å²) in [6.45, 7) is -0.726. The first kappa shape index (κ1) is 1.90. The quantitative estimate of drug-likeness (QED) is 0.443. The Balaban J connectivity index is 2.96. The number of hydrogen-bond donors (Lipinski definition) is 0. The van der Waals surface area contributed by atoms with Gasteiger partial charge in [-0.25, -0.2) is 0 Å². The summed E-state index contributed by atoms with van der Waals surface area (Å²) >= 11 is 0. The summed E-state index contributed by atoms with van der Waals surface area (Å²) in [4.78, 5) is 0.613. The van der Waals surface area contributed by atoms with Gasteiger partial charge in [0.05, 0.1) is 6.98 Å². The summed E-state index contributed by atoms with van der Waals surface area (Å²) in [5.74, 6) is 0.358. The third-order valence-corrected chi connectivity index (χ3v) is 0.514. The largest absolute Gasteiger partial charge is 0.171 e. The fraction of sp³-hybridized carbons (Fsp3) is 0.667. The molecule has 0 amide bonds. The molecule has 1 aromatic heterocycles. The minimum absolute atomic E-state index is 0.358. The van der Waals surface area contributed by atoms with E-state index in [-0.39, 0.29) is 0 Å². The standard InChI is InChI=1S/C3H6N4/c1-3-4-6-7(2)5-3/h1-2H3/i2D3. The maximum absolute atomic E-state index is 6.82. The van der Waals surface area contributed by atoms with E-state index >= 15 is 0 Å². The normalized spacial score (nSPS) is 17.6. The molecule has 0 aliphatic carbocycles. The van der Waals surface area contributed by atoms with E-state index in [1.807, 2.05) is 0 Å². The second-order valence-corrected chi connectivity index (χ2v) is 1.13. The first-order valence-corrected chi connectivity index (χ1v) is 1.77. The molecule has 0 N–H and O–H groups in total. The first-order valence-electron chi connectivity index (χ1n) is 3.27. The molecular weight excluding hydrogens is 92.1 g/mol. The van der Waals surface area contributed by atoms with Gasteiger partial charge in [0.15, 0.2) is 5.82 Å². The van der Waals surface area contributed by atoms with Gasteiger partial charge in [-0.2, -0.15) is 4.80 Å². The lowest BCUT2D eigenvalue weighted by Gasteiger charge is -1.73. The highest BCUT2D eigenvalue weighted by atomic mass is 15.6. The first-order chi connectivity index (χ1) is 4.50. The summed E-state index contributed by atoms with van der Waals surface area (Å²) in [7, 11) is 0. The highest BCUT2D eigenvalue weighted by Crippen LogP contribution is 1.74. The van der Waals surface area contributed by atoms with Gasteiger partial charge in [-0.1, -0.05) is 0 Å². The maximum atomic E-state index is 6.82. The predicted octanol–water partition coefficient (Wildman–Crippen LogP) is -0.481. The molecule has 0 aliphatic rings. The molecule has 0 aromatic carbocycles. The Kier molecular flexibility index (Phi) is 0.349. The molecule has 4 heteroatoms. The fourth-order valence-corrected chi connectivity index (χ4v) is 0.284. The van der Waals surface area contributed by atoms with Crippen molar-refractivity contribution in [1.82, 2.24) is 20.2 Å². The second-order valence-electron chi connectivity index (χ2n) is 1.13. The average Bonchev–Trinajstić information content (AvgIpc) is 2.11. The van der Waals surface area contributed by atoms with Gasteiger partial charge in [-0.15, -0.1) is 10.2 Å². The third-order valence-electron chi connectivity index (χ3n) is 0.514. The van der Waals surface area contributed by atoms with Crippen LogP contribution in [-0.4, -0.2) is 20.2 Å². The molecule has 0 aliphatic heterocycles. The van der Waals surface area contributed by atoms with E-state index in [0.29, 0.717) is 10.6 Å². The van der Waals surface area contributed by atoms with E-state index in [1.54, 1.807) is 6.92 Å². The number of nitrogens with zero attached hydrogens (tertiary/aromatic N) is 4. The molecule has 0 radical (unpaired) electrons. The van der Waals surface area contributed by atoms with E-state index < -0.39 is 6.98 Å². The van der Waals surface area contributed by atoms with E-state index in [1.165, 1.54) is 0 Å². The van der Waals surface area contributed by atoms with Crippen LogP contribution in [0.15, 0.2) is 0 Å². The van der Waals surface area contributed by atoms with Crippen LogP contribution in [0.3, 0.4) is 0 Å². The van der Waals surface area contributed by atoms with Crippen LogP contribution < -0.4 is 0 Å². The molecule has 38 valence electrons. The molecule has 1 heterocycles. The van der Waals surface area contributed by atoms with Crippen molar-refractivity contribution in [2.24, 2.45) is 6.98 Å². The predicted molar refractivity (Wildman–Crippen MR) is 23.5 cm³/mol. The molecule has 7 heavy (non-hydrogen) atoms. The monoisotopic (exact) mass is 101 g/mol. The minimum Gasteiger partial charge on any atom is -0.167 e. The highest BCUT2D eigenvalue weighted by molar-refractivity contribution is 4.65. The zero-order valence-corrected chi connectivity index (χ0v) is 3.79. The smallest absolute Gasteiger partial charge is 0.167 e. The van der Waals surface area contributed by atoms with Crippen LogP contribution in [0.25, 0.3) is 0 Å². The Morgan fingerprint density at radius 1 is 1.86 bits per heavy atom. The van der Waals surface area contributed by atoms with E-state index in [4.69, 9.17) is 4.11 Å². The van der Waals surface area contributed by atoms with Gasteiger partial charge >= 0.3 is 0 Å². The van der Waals surface area contributed by atoms with Gasteiger partial charge in [0.25, 0.3) is 0 Å². The summed E-state index contributed by atoms with van der Waals surface area (Å²) in [5.41, 5.74) is 0. The zero-order valence-electron chi connectivity index (χ0n) is 6.79. The fourth-order valence-electron chi connectivity index (χ4n) is 0.284. The molecule has 0 spiro atoms. The van der Waals surface area contributed by atoms with E-state index in [9.17, 15) is 0 Å². The van der Waals surface area contributed by atoms with Crippen LogP contribution in [0, 0.1) is 6.92 Å². The molecule has 0 saturated carbocycles. The molecule has 0 atom stereocenters. The highest BCUT2D eigenvalue weighted by Gasteiger charge is 1.85. The molecule has 0 unspecified atom stereocenters. The van der Waals surface area contributed by atoms with Crippen molar-refractivity contribution in [2.75, 3.05) is 0 Å². The summed E-state index contributed by atoms with van der Waals surface area (Å²) < 4.78 is 20.5. The minimum atomic E-state index is -2.30. The van der Waals surface area contributed by atoms with Gasteiger partial charge in [0.2, 0.25) is 0 Å². The van der Waals surface area contributed by atoms with Gasteiger partial charge in [0.1, 0.15) is 0 Å². The number of tetrazole rings is 1. The van der Waals surface area contributed by atoms with Crippen molar-refractivity contribution >= 4 is 0 Å². The van der Waals surface area contributed by atoms with Crippen LogP contribution in [0.1, 0.15) is 9.94 Å². The summed E-state index contributed by atoms with van der Waals surface area (Å²) in [6, 6.07) is 0. The Hall–Kier alpha value is -0.930. The Bertz CT molecular complexity index is 226. The van der Waals surface area contributed by atoms with Gasteiger partial charge in [0, 0.05) is 4.11 Å². The van der Waals surface area contributed by atoms with Crippen LogP contribution >= 0.6 is 0 Å². The molecule has 4 nitrogen and oxygen atoms in total. The van der Waals surface area contributed by atoms with Crippen LogP contribution in [0.5, 0.6) is 0 Å². The number of aryl methyl sites for hydroxylation is 2. The topological polar surface area (TPSA) is 43.6 Å². The van der Waals surface area contributed by atoms with Crippen LogP contribution in [0.4, 0.5) is 0 Å². The summed E-state index contributed by atoms with van der Waals surface area (Å²) in [5, 5.41) is 10.2. The van der Waals surface area contributed by atoms with Crippen molar-refractivity contribution in [3.8, 4) is 0 Å². The average molecular weight is 101 g/mol. The Labute approximate surface area is 45.4 Å². The molecule has 0 fully saturated rings. The maximum Gasteiger partial charge on any atom is 0.171 e. The van der Waals surface area contributed by atoms with Gasteiger partial charge < -0.3 is 0 Å². The van der Waals surface area contributed by atoms with Crippen molar-refractivity contribution < 1.29 is 4.11 Å². The van der Waals surface area contributed by atoms with Crippen LogP contribution in [-0.2, 0) is 6.98 Å². The van der Waals surface area contributed by atoms with Crippen molar-refractivity contribution in [1.29, 1.82) is 0 Å². The van der Waals surface area contributed by atoms with Crippen molar-refractivity contribution in [3.63, 3.8) is 0 Å². The van der Waals surface area contributed by atoms with Crippen molar-refractivity contribution in [2.45, 2.75) is 6.92 Å². The molecule has 0 saturated heterocycles. The van der Waals surface area contributed by atoms with Crippen molar-refractivity contribution in [3.05, 3.63) is 5.82 Å². The second kappa shape index (κ2) is 1.29. The lowest BCUT2D eigenvalue weighted by Crippen LogP contribution is -1.91. The lowest BCUT2D eigenvalue weighted by atomic mass is 10.8. The van der Waals surface area contributed by atoms with E-state index in [2.05, 4.69) is 15.4 Å². The Morgan fingerprint density at radius 3 is 3.00 bits per heavy atom. The SMILES string of the molecule is [2H]C([2H])([2H])n1nnc(C)n1. The molecule has 0 bridgehead atoms. The molecule has 1 aromatic rings. The van der Waals surface area contributed by atoms with Crippen LogP contribution in [0.2, 0.25) is 0 Å².